The molecule has 1 fully saturated rings. The molecule has 1 aliphatic rings. The highest BCUT2D eigenvalue weighted by Crippen LogP contribution is 2.28. The van der Waals surface area contributed by atoms with E-state index in [0.29, 0.717) is 0 Å². The van der Waals surface area contributed by atoms with Gasteiger partial charge in [-0.2, -0.15) is 11.8 Å². The molecule has 1 saturated heterocycles. The second-order valence-corrected chi connectivity index (χ2v) is 6.32. The average Bonchev–Trinajstić information content (AvgIpc) is 2.91. The summed E-state index contributed by atoms with van der Waals surface area (Å²) in [6.45, 7) is 4.29. The van der Waals surface area contributed by atoms with E-state index < -0.39 is 12.2 Å². The minimum absolute atomic E-state index is 0.156. The van der Waals surface area contributed by atoms with Crippen molar-refractivity contribution in [2.45, 2.75) is 37.3 Å². The van der Waals surface area contributed by atoms with Gasteiger partial charge in [0.2, 0.25) is 0 Å². The van der Waals surface area contributed by atoms with Gasteiger partial charge < -0.3 is 9.47 Å². The molecule has 0 unspecified atom stereocenters. The van der Waals surface area contributed by atoms with Crippen LogP contribution in [0.1, 0.15) is 25.8 Å². The number of nitrogens with zero attached hydrogens (tertiary/aromatic N) is 1. The first-order valence-corrected chi connectivity index (χ1v) is 8.75. The van der Waals surface area contributed by atoms with Gasteiger partial charge in [-0.3, -0.25) is 0 Å². The van der Waals surface area contributed by atoms with Crippen LogP contribution in [0.25, 0.3) is 0 Å². The van der Waals surface area contributed by atoms with E-state index in [1.807, 2.05) is 18.2 Å². The van der Waals surface area contributed by atoms with Crippen LogP contribution in [0.2, 0.25) is 0 Å². The number of hydrazine groups is 1. The van der Waals surface area contributed by atoms with Crippen LogP contribution in [-0.2, 0) is 15.2 Å². The minimum Gasteiger partial charge on any atom is -0.449 e. The molecule has 6 nitrogen and oxygen atoms in total. The third kappa shape index (κ3) is 4.79. The van der Waals surface area contributed by atoms with E-state index in [9.17, 15) is 9.59 Å². The zero-order chi connectivity index (χ0) is 16.7. The first-order valence-electron chi connectivity index (χ1n) is 7.70. The molecular weight excluding hydrogens is 316 g/mol. The van der Waals surface area contributed by atoms with E-state index >= 15 is 0 Å². The van der Waals surface area contributed by atoms with Crippen LogP contribution in [0, 0.1) is 0 Å². The molecule has 126 valence electrons. The largest absolute Gasteiger partial charge is 0.449 e. The first-order chi connectivity index (χ1) is 11.2. The molecule has 0 aliphatic carbocycles. The van der Waals surface area contributed by atoms with E-state index in [0.717, 1.165) is 12.2 Å². The van der Waals surface area contributed by atoms with Gasteiger partial charge in [-0.15, -0.1) is 0 Å². The number of cyclic esters (lactones) is 1. The minimum atomic E-state index is -0.640. The molecular formula is C16H22N2O4S. The third-order valence-corrected chi connectivity index (χ3v) is 5.11. The Labute approximate surface area is 140 Å². The van der Waals surface area contributed by atoms with Crippen LogP contribution < -0.4 is 5.43 Å². The fourth-order valence-corrected chi connectivity index (χ4v) is 3.64. The van der Waals surface area contributed by atoms with Gasteiger partial charge in [0.1, 0.15) is 12.6 Å². The van der Waals surface area contributed by atoms with Crippen molar-refractivity contribution in [3.8, 4) is 0 Å². The first kappa shape index (κ1) is 17.5. The molecule has 0 bridgehead atoms. The van der Waals surface area contributed by atoms with E-state index in [4.69, 9.17) is 9.47 Å². The molecule has 1 aromatic rings. The lowest BCUT2D eigenvalue weighted by molar-refractivity contribution is 0.106. The van der Waals surface area contributed by atoms with Crippen molar-refractivity contribution >= 4 is 23.9 Å². The number of thioether (sulfide) groups is 1. The van der Waals surface area contributed by atoms with Crippen molar-refractivity contribution in [1.29, 1.82) is 0 Å². The van der Waals surface area contributed by atoms with Gasteiger partial charge in [-0.05, 0) is 18.9 Å². The van der Waals surface area contributed by atoms with Crippen molar-refractivity contribution < 1.29 is 19.1 Å². The van der Waals surface area contributed by atoms with E-state index in [1.165, 1.54) is 10.6 Å². The molecule has 2 atom stereocenters. The molecule has 0 spiro atoms. The predicted molar refractivity (Wildman–Crippen MR) is 88.9 cm³/mol. The maximum absolute atomic E-state index is 11.8. The number of ether oxygens (including phenoxy) is 2. The Hall–Kier alpha value is -1.89. The molecule has 0 saturated carbocycles. The number of benzene rings is 1. The number of amides is 2. The topological polar surface area (TPSA) is 67.9 Å². The Morgan fingerprint density at radius 1 is 1.43 bits per heavy atom. The van der Waals surface area contributed by atoms with Gasteiger partial charge >= 0.3 is 12.2 Å². The summed E-state index contributed by atoms with van der Waals surface area (Å²) in [6, 6.07) is 9.95. The molecule has 0 aromatic heterocycles. The summed E-state index contributed by atoms with van der Waals surface area (Å²) < 4.78 is 9.93. The van der Waals surface area contributed by atoms with E-state index in [2.05, 4.69) is 24.5 Å². The molecule has 2 amide bonds. The lowest BCUT2D eigenvalue weighted by atomic mass is 10.2. The number of carbonyl (C=O) groups is 2. The maximum Gasteiger partial charge on any atom is 0.429 e. The molecule has 0 radical (unpaired) electrons. The molecule has 7 heteroatoms. The number of hydrogen-bond donors (Lipinski definition) is 1. The summed E-state index contributed by atoms with van der Waals surface area (Å²) in [6.07, 6.45) is -0.319. The number of nitrogens with one attached hydrogen (secondary N) is 1. The van der Waals surface area contributed by atoms with Gasteiger partial charge in [0, 0.05) is 11.0 Å². The van der Waals surface area contributed by atoms with Gasteiger partial charge in [0.05, 0.1) is 6.61 Å². The van der Waals surface area contributed by atoms with Gasteiger partial charge in [-0.1, -0.05) is 37.3 Å². The summed E-state index contributed by atoms with van der Waals surface area (Å²) >= 11 is 1.75. The van der Waals surface area contributed by atoms with Crippen LogP contribution in [0.5, 0.6) is 0 Å². The van der Waals surface area contributed by atoms with Gasteiger partial charge in [0.15, 0.2) is 0 Å². The molecule has 23 heavy (non-hydrogen) atoms. The Bertz CT molecular complexity index is 526. The van der Waals surface area contributed by atoms with Crippen LogP contribution in [0.3, 0.4) is 0 Å². The SMILES string of the molecule is CCOC(=O)NN1C(=O)OC[C@@H]1[C@@H](CC)SCc1ccccc1. The fraction of sp³-hybridized carbons (Fsp3) is 0.500. The highest BCUT2D eigenvalue weighted by molar-refractivity contribution is 7.99. The monoisotopic (exact) mass is 338 g/mol. The lowest BCUT2D eigenvalue weighted by Gasteiger charge is -2.27. The van der Waals surface area contributed by atoms with Crippen molar-refractivity contribution in [1.82, 2.24) is 10.4 Å². The van der Waals surface area contributed by atoms with Crippen molar-refractivity contribution in [2.24, 2.45) is 0 Å². The summed E-state index contributed by atoms with van der Waals surface area (Å²) in [5.41, 5.74) is 3.70. The van der Waals surface area contributed by atoms with Crippen LogP contribution >= 0.6 is 11.8 Å². The van der Waals surface area contributed by atoms with Crippen molar-refractivity contribution in [2.75, 3.05) is 13.2 Å². The lowest BCUT2D eigenvalue weighted by Crippen LogP contribution is -2.51. The Morgan fingerprint density at radius 2 is 2.17 bits per heavy atom. The van der Waals surface area contributed by atoms with Crippen LogP contribution in [-0.4, -0.2) is 41.7 Å². The number of rotatable bonds is 7. The number of hydrogen-bond acceptors (Lipinski definition) is 5. The standard InChI is InChI=1S/C16H22N2O4S/c1-3-14(23-11-12-8-6-5-7-9-12)13-10-22-16(20)18(13)17-15(19)21-4-2/h5-9,13-14H,3-4,10-11H2,1-2H3,(H,17,19)/t13-,14-/m1/s1. The second-order valence-electron chi connectivity index (χ2n) is 5.09. The van der Waals surface area contributed by atoms with E-state index in [-0.39, 0.29) is 24.5 Å². The molecule has 1 heterocycles. The van der Waals surface area contributed by atoms with Gasteiger partial charge in [-0.25, -0.2) is 20.0 Å². The number of carbonyl (C=O) groups excluding carboxylic acids is 2. The normalized spacial score (nSPS) is 18.4. The smallest absolute Gasteiger partial charge is 0.429 e. The average molecular weight is 338 g/mol. The Morgan fingerprint density at radius 3 is 2.83 bits per heavy atom. The van der Waals surface area contributed by atoms with E-state index in [1.54, 1.807) is 18.7 Å². The highest BCUT2D eigenvalue weighted by Gasteiger charge is 2.39. The molecule has 2 rings (SSSR count). The maximum atomic E-state index is 11.8. The van der Waals surface area contributed by atoms with Crippen LogP contribution in [0.4, 0.5) is 9.59 Å². The fourth-order valence-electron chi connectivity index (χ4n) is 2.38. The third-order valence-electron chi connectivity index (χ3n) is 3.53. The van der Waals surface area contributed by atoms with Crippen molar-refractivity contribution in [3.05, 3.63) is 35.9 Å². The Kier molecular flexibility index (Phi) is 6.58. The van der Waals surface area contributed by atoms with Crippen molar-refractivity contribution in [3.63, 3.8) is 0 Å². The molecule has 1 N–H and O–H groups in total. The zero-order valence-corrected chi connectivity index (χ0v) is 14.2. The highest BCUT2D eigenvalue weighted by atomic mass is 32.2. The zero-order valence-electron chi connectivity index (χ0n) is 13.4. The summed E-state index contributed by atoms with van der Waals surface area (Å²) in [7, 11) is 0. The summed E-state index contributed by atoms with van der Waals surface area (Å²) in [4.78, 5) is 23.4. The predicted octanol–water partition coefficient (Wildman–Crippen LogP) is 3.18. The summed E-state index contributed by atoms with van der Waals surface area (Å²) in [5, 5.41) is 1.41. The molecule has 1 aliphatic heterocycles. The van der Waals surface area contributed by atoms with Crippen LogP contribution in [0.15, 0.2) is 30.3 Å². The molecule has 1 aromatic carbocycles. The second kappa shape index (κ2) is 8.67. The summed E-state index contributed by atoms with van der Waals surface area (Å²) in [5.74, 6) is 0.845. The Balaban J connectivity index is 1.97. The quantitative estimate of drug-likeness (QED) is 0.827. The van der Waals surface area contributed by atoms with Gasteiger partial charge in [0.25, 0.3) is 0 Å².